The molecule has 3 rings (SSSR count). The number of nitro benzene ring substituents is 1. The number of nitro groups is 1. The van der Waals surface area contributed by atoms with Crippen molar-refractivity contribution in [1.29, 1.82) is 0 Å². The number of H-pyrrole nitrogens is 1. The number of non-ortho nitro benzene ring substituents is 1. The van der Waals surface area contributed by atoms with Crippen LogP contribution in [0, 0.1) is 10.1 Å². The van der Waals surface area contributed by atoms with Gasteiger partial charge < -0.3 is 4.98 Å². The average Bonchev–Trinajstić information content (AvgIpc) is 2.56. The molecule has 0 aliphatic carbocycles. The Morgan fingerprint density at radius 1 is 1.17 bits per heavy atom. The molecule has 0 saturated carbocycles. The van der Waals surface area contributed by atoms with E-state index in [1.54, 1.807) is 12.1 Å². The molecule has 0 bridgehead atoms. The first kappa shape index (κ1) is 14.4. The van der Waals surface area contributed by atoms with E-state index < -0.39 is 4.92 Å². The van der Waals surface area contributed by atoms with E-state index >= 15 is 0 Å². The Hall–Kier alpha value is -3.55. The van der Waals surface area contributed by atoms with Gasteiger partial charge in [-0.1, -0.05) is 12.1 Å². The van der Waals surface area contributed by atoms with E-state index in [1.165, 1.54) is 30.5 Å². The Bertz CT molecular complexity index is 947. The van der Waals surface area contributed by atoms with Gasteiger partial charge in [0.15, 0.2) is 0 Å². The number of nitrogens with zero attached hydrogens (tertiary/aromatic N) is 3. The number of para-hydroxylation sites is 2. The Morgan fingerprint density at radius 2 is 1.91 bits per heavy atom. The fraction of sp³-hybridized carbons (Fsp3) is 0. The average molecular weight is 309 g/mol. The van der Waals surface area contributed by atoms with Crippen molar-refractivity contribution >= 4 is 28.6 Å². The summed E-state index contributed by atoms with van der Waals surface area (Å²) in [5.74, 6) is 0. The van der Waals surface area contributed by atoms with Gasteiger partial charge >= 0.3 is 0 Å². The molecule has 0 aliphatic rings. The molecule has 0 aliphatic heterocycles. The smallest absolute Gasteiger partial charge is 0.276 e. The molecule has 1 aromatic heterocycles. The first-order valence-corrected chi connectivity index (χ1v) is 6.66. The van der Waals surface area contributed by atoms with Crippen LogP contribution >= 0.6 is 0 Å². The lowest BCUT2D eigenvalue weighted by Gasteiger charge is -2.00. The highest BCUT2D eigenvalue weighted by atomic mass is 16.6. The second-order valence-corrected chi connectivity index (χ2v) is 4.64. The Balaban J connectivity index is 1.79. The summed E-state index contributed by atoms with van der Waals surface area (Å²) in [6.07, 6.45) is 1.30. The fourth-order valence-electron chi connectivity index (χ4n) is 1.96. The molecular formula is C15H11N5O3. The van der Waals surface area contributed by atoms with Gasteiger partial charge in [0.05, 0.1) is 27.9 Å². The molecule has 114 valence electrons. The van der Waals surface area contributed by atoms with Crippen LogP contribution in [-0.4, -0.2) is 21.1 Å². The number of hydrogen-bond acceptors (Lipinski definition) is 6. The van der Waals surface area contributed by atoms with Crippen molar-refractivity contribution in [3.63, 3.8) is 0 Å². The van der Waals surface area contributed by atoms with Crippen molar-refractivity contribution in [2.75, 3.05) is 5.43 Å². The zero-order chi connectivity index (χ0) is 16.2. The van der Waals surface area contributed by atoms with Gasteiger partial charge in [-0.15, -0.1) is 0 Å². The second-order valence-electron chi connectivity index (χ2n) is 4.64. The molecule has 2 N–H and O–H groups in total. The standard InChI is InChI=1S/C15H11N5O3/c21-15-14(17-12-3-1-2-4-13(12)18-15)9-16-19-10-5-7-11(8-6-10)20(22)23/h1-9,19H,(H,18,21)/b16-9+. The summed E-state index contributed by atoms with van der Waals surface area (Å²) in [4.78, 5) is 28.9. The van der Waals surface area contributed by atoms with Crippen LogP contribution in [0.1, 0.15) is 5.69 Å². The van der Waals surface area contributed by atoms with Gasteiger partial charge in [-0.05, 0) is 24.3 Å². The van der Waals surface area contributed by atoms with Crippen molar-refractivity contribution in [3.8, 4) is 0 Å². The van der Waals surface area contributed by atoms with E-state index in [2.05, 4.69) is 20.5 Å². The van der Waals surface area contributed by atoms with Crippen molar-refractivity contribution in [3.05, 3.63) is 74.7 Å². The molecule has 2 aromatic carbocycles. The Morgan fingerprint density at radius 3 is 2.65 bits per heavy atom. The lowest BCUT2D eigenvalue weighted by atomic mass is 10.3. The number of rotatable bonds is 4. The van der Waals surface area contributed by atoms with Crippen molar-refractivity contribution in [2.24, 2.45) is 5.10 Å². The first-order chi connectivity index (χ1) is 11.1. The number of hydrazone groups is 1. The number of anilines is 1. The quantitative estimate of drug-likeness (QED) is 0.436. The van der Waals surface area contributed by atoms with Crippen molar-refractivity contribution < 1.29 is 4.92 Å². The maximum Gasteiger partial charge on any atom is 0.276 e. The minimum absolute atomic E-state index is 0.00725. The fourth-order valence-corrected chi connectivity index (χ4v) is 1.96. The minimum Gasteiger partial charge on any atom is -0.319 e. The lowest BCUT2D eigenvalue weighted by molar-refractivity contribution is -0.384. The van der Waals surface area contributed by atoms with Gasteiger partial charge in [0.1, 0.15) is 5.69 Å². The molecule has 3 aromatic rings. The van der Waals surface area contributed by atoms with E-state index in [4.69, 9.17) is 0 Å². The highest BCUT2D eigenvalue weighted by Crippen LogP contribution is 2.15. The number of aromatic amines is 1. The molecule has 0 saturated heterocycles. The lowest BCUT2D eigenvalue weighted by Crippen LogP contribution is -2.15. The Kier molecular flexibility index (Phi) is 3.79. The molecule has 8 heteroatoms. The maximum absolute atomic E-state index is 11.9. The zero-order valence-electron chi connectivity index (χ0n) is 11.8. The summed E-state index contributed by atoms with van der Waals surface area (Å²) < 4.78 is 0. The normalized spacial score (nSPS) is 11.0. The maximum atomic E-state index is 11.9. The SMILES string of the molecule is O=c1[nH]c2ccccc2nc1/C=N/Nc1ccc([N+](=O)[O-])cc1. The van der Waals surface area contributed by atoms with Gasteiger partial charge in [0.2, 0.25) is 0 Å². The number of hydrogen-bond donors (Lipinski definition) is 2. The second kappa shape index (κ2) is 6.06. The van der Waals surface area contributed by atoms with E-state index in [0.717, 1.165) is 0 Å². The predicted octanol–water partition coefficient (Wildman–Crippen LogP) is 2.28. The third-order valence-corrected chi connectivity index (χ3v) is 3.08. The summed E-state index contributed by atoms with van der Waals surface area (Å²) >= 11 is 0. The van der Waals surface area contributed by atoms with Crippen molar-refractivity contribution in [2.45, 2.75) is 0 Å². The van der Waals surface area contributed by atoms with Crippen LogP contribution in [0.25, 0.3) is 11.0 Å². The molecule has 0 radical (unpaired) electrons. The highest BCUT2D eigenvalue weighted by Gasteiger charge is 2.04. The van der Waals surface area contributed by atoms with Gasteiger partial charge in [0.25, 0.3) is 11.2 Å². The van der Waals surface area contributed by atoms with Crippen LogP contribution in [0.3, 0.4) is 0 Å². The topological polar surface area (TPSA) is 113 Å². The van der Waals surface area contributed by atoms with Crippen LogP contribution in [-0.2, 0) is 0 Å². The molecule has 0 amide bonds. The summed E-state index contributed by atoms with van der Waals surface area (Å²) in [5.41, 5.74) is 4.36. The first-order valence-electron chi connectivity index (χ1n) is 6.66. The number of fused-ring (bicyclic) bond motifs is 1. The van der Waals surface area contributed by atoms with Crippen LogP contribution in [0.4, 0.5) is 11.4 Å². The van der Waals surface area contributed by atoms with Gasteiger partial charge in [0, 0.05) is 12.1 Å². The third-order valence-electron chi connectivity index (χ3n) is 3.08. The monoisotopic (exact) mass is 309 g/mol. The molecule has 0 unspecified atom stereocenters. The Labute approximate surface area is 129 Å². The highest BCUT2D eigenvalue weighted by molar-refractivity contribution is 5.82. The number of nitrogens with one attached hydrogen (secondary N) is 2. The van der Waals surface area contributed by atoms with E-state index in [0.29, 0.717) is 16.7 Å². The summed E-state index contributed by atoms with van der Waals surface area (Å²) in [7, 11) is 0. The molecule has 0 spiro atoms. The molecule has 1 heterocycles. The van der Waals surface area contributed by atoms with E-state index in [9.17, 15) is 14.9 Å². The summed E-state index contributed by atoms with van der Waals surface area (Å²) in [5, 5.41) is 14.5. The number of benzene rings is 2. The summed E-state index contributed by atoms with van der Waals surface area (Å²) in [6, 6.07) is 12.9. The predicted molar refractivity (Wildman–Crippen MR) is 86.7 cm³/mol. The third kappa shape index (κ3) is 3.21. The van der Waals surface area contributed by atoms with Gasteiger partial charge in [-0.25, -0.2) is 4.98 Å². The van der Waals surface area contributed by atoms with Crippen LogP contribution < -0.4 is 11.0 Å². The molecular weight excluding hydrogens is 298 g/mol. The van der Waals surface area contributed by atoms with Crippen LogP contribution in [0.2, 0.25) is 0 Å². The van der Waals surface area contributed by atoms with Gasteiger partial charge in [-0.3, -0.25) is 20.3 Å². The molecule has 23 heavy (non-hydrogen) atoms. The van der Waals surface area contributed by atoms with E-state index in [-0.39, 0.29) is 16.9 Å². The van der Waals surface area contributed by atoms with Crippen molar-refractivity contribution in [1.82, 2.24) is 9.97 Å². The zero-order valence-corrected chi connectivity index (χ0v) is 11.8. The minimum atomic E-state index is -0.481. The molecule has 0 atom stereocenters. The molecule has 8 nitrogen and oxygen atoms in total. The summed E-state index contributed by atoms with van der Waals surface area (Å²) in [6.45, 7) is 0. The molecule has 0 fully saturated rings. The van der Waals surface area contributed by atoms with Crippen LogP contribution in [0.15, 0.2) is 58.4 Å². The largest absolute Gasteiger partial charge is 0.319 e. The van der Waals surface area contributed by atoms with Gasteiger partial charge in [-0.2, -0.15) is 5.10 Å². The van der Waals surface area contributed by atoms with Crippen LogP contribution in [0.5, 0.6) is 0 Å². The van der Waals surface area contributed by atoms with E-state index in [1.807, 2.05) is 12.1 Å². The number of aromatic nitrogens is 2.